The quantitative estimate of drug-likeness (QED) is 0.598. The summed E-state index contributed by atoms with van der Waals surface area (Å²) in [4.78, 5) is 25.9. The van der Waals surface area contributed by atoms with Crippen LogP contribution in [0.2, 0.25) is 0 Å². The third kappa shape index (κ3) is 5.05. The SMILES string of the molecule is Cc1cc(SC(C)C(=O)N2CCN(Cc3ccccc3)CC2)nc(C)n1. The number of aryl methyl sites for hydroxylation is 2. The standard InChI is InChI=1S/C20H26N4OS/c1-15-13-19(22-17(3)21-15)26-16(2)20(25)24-11-9-23(10-12-24)14-18-7-5-4-6-8-18/h4-8,13,16H,9-12,14H2,1-3H3. The van der Waals surface area contributed by atoms with Crippen molar-refractivity contribution >= 4 is 17.7 Å². The molecule has 2 heterocycles. The summed E-state index contributed by atoms with van der Waals surface area (Å²) in [6, 6.07) is 12.4. The van der Waals surface area contributed by atoms with E-state index in [0.717, 1.165) is 49.3 Å². The summed E-state index contributed by atoms with van der Waals surface area (Å²) in [5.41, 5.74) is 2.26. The number of amides is 1. The molecular formula is C20H26N4OS. The molecule has 1 aliphatic rings. The van der Waals surface area contributed by atoms with Crippen LogP contribution in [-0.4, -0.2) is 57.1 Å². The van der Waals surface area contributed by atoms with Crippen molar-refractivity contribution in [2.45, 2.75) is 37.6 Å². The lowest BCUT2D eigenvalue weighted by molar-refractivity contribution is -0.132. The smallest absolute Gasteiger partial charge is 0.235 e. The number of carbonyl (C=O) groups excluding carboxylic acids is 1. The van der Waals surface area contributed by atoms with E-state index in [-0.39, 0.29) is 11.2 Å². The highest BCUT2D eigenvalue weighted by Crippen LogP contribution is 2.24. The number of hydrogen-bond donors (Lipinski definition) is 0. The lowest BCUT2D eigenvalue weighted by Gasteiger charge is -2.35. The van der Waals surface area contributed by atoms with Crippen LogP contribution in [0.1, 0.15) is 24.0 Å². The molecule has 3 rings (SSSR count). The predicted molar refractivity (Wildman–Crippen MR) is 105 cm³/mol. The van der Waals surface area contributed by atoms with Gasteiger partial charge in [0.2, 0.25) is 5.91 Å². The van der Waals surface area contributed by atoms with Crippen molar-refractivity contribution in [3.8, 4) is 0 Å². The van der Waals surface area contributed by atoms with Crippen LogP contribution in [0.15, 0.2) is 41.4 Å². The van der Waals surface area contributed by atoms with E-state index in [2.05, 4.69) is 39.1 Å². The van der Waals surface area contributed by atoms with Gasteiger partial charge in [-0.15, -0.1) is 0 Å². The van der Waals surface area contributed by atoms with Crippen molar-refractivity contribution in [1.29, 1.82) is 0 Å². The normalized spacial score (nSPS) is 16.5. The van der Waals surface area contributed by atoms with Crippen LogP contribution in [-0.2, 0) is 11.3 Å². The van der Waals surface area contributed by atoms with Crippen LogP contribution in [0.3, 0.4) is 0 Å². The van der Waals surface area contributed by atoms with E-state index in [1.165, 1.54) is 17.3 Å². The van der Waals surface area contributed by atoms with Crippen molar-refractivity contribution in [3.05, 3.63) is 53.5 Å². The van der Waals surface area contributed by atoms with Crippen molar-refractivity contribution < 1.29 is 4.79 Å². The summed E-state index contributed by atoms with van der Waals surface area (Å²) >= 11 is 1.52. The first-order valence-corrected chi connectivity index (χ1v) is 9.93. The number of rotatable bonds is 5. The third-order valence-electron chi connectivity index (χ3n) is 4.52. The van der Waals surface area contributed by atoms with Gasteiger partial charge in [0.05, 0.1) is 5.25 Å². The number of carbonyl (C=O) groups is 1. The van der Waals surface area contributed by atoms with E-state index in [9.17, 15) is 4.79 Å². The van der Waals surface area contributed by atoms with Crippen molar-refractivity contribution in [2.24, 2.45) is 0 Å². The molecule has 0 N–H and O–H groups in total. The second-order valence-electron chi connectivity index (χ2n) is 6.74. The van der Waals surface area contributed by atoms with Crippen LogP contribution in [0.4, 0.5) is 0 Å². The maximum Gasteiger partial charge on any atom is 0.235 e. The monoisotopic (exact) mass is 370 g/mol. The van der Waals surface area contributed by atoms with E-state index >= 15 is 0 Å². The Morgan fingerprint density at radius 1 is 1.12 bits per heavy atom. The number of thioether (sulfide) groups is 1. The Balaban J connectivity index is 1.51. The van der Waals surface area contributed by atoms with Gasteiger partial charge in [0.15, 0.2) is 0 Å². The number of hydrogen-bond acceptors (Lipinski definition) is 5. The third-order valence-corrected chi connectivity index (χ3v) is 5.53. The number of benzene rings is 1. The summed E-state index contributed by atoms with van der Waals surface area (Å²) < 4.78 is 0. The van der Waals surface area contributed by atoms with Gasteiger partial charge in [0.25, 0.3) is 0 Å². The predicted octanol–water partition coefficient (Wildman–Crippen LogP) is 2.92. The first-order chi connectivity index (χ1) is 12.5. The van der Waals surface area contributed by atoms with Crippen LogP contribution < -0.4 is 0 Å². The number of nitrogens with zero attached hydrogens (tertiary/aromatic N) is 4. The van der Waals surface area contributed by atoms with E-state index < -0.39 is 0 Å². The average molecular weight is 371 g/mol. The summed E-state index contributed by atoms with van der Waals surface area (Å²) in [7, 11) is 0. The maximum absolute atomic E-state index is 12.8. The van der Waals surface area contributed by atoms with Gasteiger partial charge in [-0.1, -0.05) is 42.1 Å². The fourth-order valence-electron chi connectivity index (χ4n) is 3.20. The molecule has 138 valence electrons. The molecule has 1 amide bonds. The molecule has 5 nitrogen and oxygen atoms in total. The van der Waals surface area contributed by atoms with E-state index in [1.807, 2.05) is 37.8 Å². The second-order valence-corrected chi connectivity index (χ2v) is 8.10. The topological polar surface area (TPSA) is 49.3 Å². The molecule has 6 heteroatoms. The minimum absolute atomic E-state index is 0.135. The summed E-state index contributed by atoms with van der Waals surface area (Å²) in [6.45, 7) is 10.2. The molecule has 1 saturated heterocycles. The molecular weight excluding hydrogens is 344 g/mol. The van der Waals surface area contributed by atoms with E-state index in [1.54, 1.807) is 0 Å². The fraction of sp³-hybridized carbons (Fsp3) is 0.450. The number of aromatic nitrogens is 2. The first kappa shape index (κ1) is 18.9. The average Bonchev–Trinajstić information content (AvgIpc) is 2.62. The fourth-order valence-corrected chi connectivity index (χ4v) is 4.24. The van der Waals surface area contributed by atoms with Crippen LogP contribution >= 0.6 is 11.8 Å². The van der Waals surface area contributed by atoms with Gasteiger partial charge in [-0.3, -0.25) is 9.69 Å². The van der Waals surface area contributed by atoms with Crippen LogP contribution in [0.5, 0.6) is 0 Å². The van der Waals surface area contributed by atoms with Gasteiger partial charge in [-0.2, -0.15) is 0 Å². The molecule has 0 spiro atoms. The highest BCUT2D eigenvalue weighted by molar-refractivity contribution is 8.00. The Bertz CT molecular complexity index is 724. The van der Waals surface area contributed by atoms with Gasteiger partial charge in [-0.05, 0) is 32.4 Å². The maximum atomic E-state index is 12.8. The summed E-state index contributed by atoms with van der Waals surface area (Å²) in [5.74, 6) is 0.949. The molecule has 1 atom stereocenters. The Kier molecular flexibility index (Phi) is 6.27. The minimum atomic E-state index is -0.135. The number of piperazine rings is 1. The molecule has 1 unspecified atom stereocenters. The van der Waals surface area contributed by atoms with Gasteiger partial charge in [0, 0.05) is 38.4 Å². The van der Waals surface area contributed by atoms with Gasteiger partial charge in [-0.25, -0.2) is 9.97 Å². The highest BCUT2D eigenvalue weighted by atomic mass is 32.2. The molecule has 2 aromatic rings. The van der Waals surface area contributed by atoms with Gasteiger partial charge < -0.3 is 4.90 Å². The molecule has 1 fully saturated rings. The van der Waals surface area contributed by atoms with Gasteiger partial charge >= 0.3 is 0 Å². The molecule has 26 heavy (non-hydrogen) atoms. The zero-order valence-corrected chi connectivity index (χ0v) is 16.5. The lowest BCUT2D eigenvalue weighted by atomic mass is 10.2. The molecule has 0 aliphatic carbocycles. The first-order valence-electron chi connectivity index (χ1n) is 9.05. The second kappa shape index (κ2) is 8.64. The largest absolute Gasteiger partial charge is 0.339 e. The van der Waals surface area contributed by atoms with Crippen LogP contribution in [0.25, 0.3) is 0 Å². The molecule has 1 aliphatic heterocycles. The molecule has 1 aromatic carbocycles. The Morgan fingerprint density at radius 2 is 1.81 bits per heavy atom. The lowest BCUT2D eigenvalue weighted by Crippen LogP contribution is -2.50. The van der Waals surface area contributed by atoms with Crippen molar-refractivity contribution in [2.75, 3.05) is 26.2 Å². The zero-order valence-electron chi connectivity index (χ0n) is 15.7. The summed E-state index contributed by atoms with van der Waals surface area (Å²) in [6.07, 6.45) is 0. The van der Waals surface area contributed by atoms with Gasteiger partial charge in [0.1, 0.15) is 10.9 Å². The Morgan fingerprint density at radius 3 is 2.46 bits per heavy atom. The summed E-state index contributed by atoms with van der Waals surface area (Å²) in [5, 5.41) is 0.739. The molecule has 0 bridgehead atoms. The van der Waals surface area contributed by atoms with Crippen LogP contribution in [0, 0.1) is 13.8 Å². The Labute approximate surface area is 159 Å². The Hall–Kier alpha value is -1.92. The molecule has 0 saturated carbocycles. The zero-order chi connectivity index (χ0) is 18.5. The van der Waals surface area contributed by atoms with Crippen molar-refractivity contribution in [3.63, 3.8) is 0 Å². The molecule has 0 radical (unpaired) electrons. The van der Waals surface area contributed by atoms with E-state index in [4.69, 9.17) is 0 Å². The van der Waals surface area contributed by atoms with E-state index in [0.29, 0.717) is 0 Å². The highest BCUT2D eigenvalue weighted by Gasteiger charge is 2.25. The van der Waals surface area contributed by atoms with Crippen molar-refractivity contribution in [1.82, 2.24) is 19.8 Å². The minimum Gasteiger partial charge on any atom is -0.339 e. The molecule has 1 aromatic heterocycles.